The third-order valence-electron chi connectivity index (χ3n) is 4.61. The minimum absolute atomic E-state index is 0.00796. The summed E-state index contributed by atoms with van der Waals surface area (Å²) >= 11 is 6.34. The van der Waals surface area contributed by atoms with Gasteiger partial charge in [0, 0.05) is 18.9 Å². The van der Waals surface area contributed by atoms with Crippen molar-refractivity contribution in [2.75, 3.05) is 26.4 Å². The molecule has 174 valence electrons. The maximum Gasteiger partial charge on any atom is 0.266 e. The van der Waals surface area contributed by atoms with E-state index in [-0.39, 0.29) is 18.9 Å². The number of aryl methyl sites for hydroxylation is 1. The Morgan fingerprint density at radius 2 is 1.82 bits per heavy atom. The molecule has 1 aliphatic rings. The van der Waals surface area contributed by atoms with Gasteiger partial charge < -0.3 is 24.1 Å². The minimum atomic E-state index is -1.23. The van der Waals surface area contributed by atoms with Gasteiger partial charge >= 0.3 is 0 Å². The van der Waals surface area contributed by atoms with Crippen molar-refractivity contribution in [3.05, 3.63) is 58.5 Å². The molecule has 2 aromatic rings. The Kier molecular flexibility index (Phi) is 8.73. The van der Waals surface area contributed by atoms with Gasteiger partial charge in [-0.05, 0) is 49.8 Å². The van der Waals surface area contributed by atoms with Crippen LogP contribution in [0.3, 0.4) is 0 Å². The van der Waals surface area contributed by atoms with Crippen LogP contribution >= 0.6 is 24.0 Å². The summed E-state index contributed by atoms with van der Waals surface area (Å²) in [5.41, 5.74) is 1.90. The van der Waals surface area contributed by atoms with E-state index < -0.39 is 5.97 Å². The predicted molar refractivity (Wildman–Crippen MR) is 129 cm³/mol. The van der Waals surface area contributed by atoms with E-state index in [1.165, 1.54) is 10.5 Å². The van der Waals surface area contributed by atoms with E-state index in [0.29, 0.717) is 40.5 Å². The molecule has 1 amide bonds. The molecule has 0 unspecified atom stereocenters. The van der Waals surface area contributed by atoms with Crippen molar-refractivity contribution in [2.24, 2.45) is 0 Å². The van der Waals surface area contributed by atoms with E-state index >= 15 is 0 Å². The predicted octanol–water partition coefficient (Wildman–Crippen LogP) is 3.19. The molecule has 9 heteroatoms. The Morgan fingerprint density at radius 3 is 2.52 bits per heavy atom. The first-order chi connectivity index (χ1) is 15.9. The van der Waals surface area contributed by atoms with Gasteiger partial charge in [0.05, 0.1) is 11.5 Å². The van der Waals surface area contributed by atoms with Crippen molar-refractivity contribution in [3.8, 4) is 17.2 Å². The third kappa shape index (κ3) is 6.97. The number of carboxylic acids is 1. The molecule has 0 spiro atoms. The number of carbonyl (C=O) groups excluding carboxylic acids is 2. The van der Waals surface area contributed by atoms with Gasteiger partial charge in [-0.3, -0.25) is 9.69 Å². The highest BCUT2D eigenvalue weighted by Gasteiger charge is 2.31. The fraction of sp³-hybridized carbons (Fsp3) is 0.292. The summed E-state index contributed by atoms with van der Waals surface area (Å²) in [5, 5.41) is 10.7. The molecule has 0 bridgehead atoms. The fourth-order valence-corrected chi connectivity index (χ4v) is 4.30. The van der Waals surface area contributed by atoms with Crippen LogP contribution in [0.15, 0.2) is 47.4 Å². The number of aliphatic carboxylic acids is 1. The van der Waals surface area contributed by atoms with Crippen LogP contribution in [0.5, 0.6) is 17.2 Å². The molecular weight excluding hydrogens is 462 g/mol. The standard InChI is InChI=1S/C24H25NO6S2/c1-3-29-20-14-17(15-21-23(28)25(24(32)33-21)11-10-22(26)27)6-9-19(20)31-13-12-30-18-7-4-16(2)5-8-18/h4-9,14-15H,3,10-13H2,1-2H3,(H,26,27)/p-1. The Balaban J connectivity index is 1.64. The van der Waals surface area contributed by atoms with Gasteiger partial charge in [-0.1, -0.05) is 47.7 Å². The summed E-state index contributed by atoms with van der Waals surface area (Å²) in [6.07, 6.45) is 1.43. The highest BCUT2D eigenvalue weighted by atomic mass is 32.2. The van der Waals surface area contributed by atoms with Gasteiger partial charge in [-0.25, -0.2) is 0 Å². The Hall–Kier alpha value is -3.04. The topological polar surface area (TPSA) is 88.1 Å². The molecule has 1 saturated heterocycles. The number of benzene rings is 2. The normalized spacial score (nSPS) is 14.6. The van der Waals surface area contributed by atoms with Crippen molar-refractivity contribution in [1.29, 1.82) is 0 Å². The van der Waals surface area contributed by atoms with E-state index in [9.17, 15) is 14.7 Å². The summed E-state index contributed by atoms with van der Waals surface area (Å²) in [7, 11) is 0. The van der Waals surface area contributed by atoms with Crippen LogP contribution in [-0.4, -0.2) is 47.5 Å². The lowest BCUT2D eigenvalue weighted by atomic mass is 10.2. The van der Waals surface area contributed by atoms with E-state index in [2.05, 4.69) is 0 Å². The van der Waals surface area contributed by atoms with Crippen LogP contribution in [0.2, 0.25) is 0 Å². The fourth-order valence-electron chi connectivity index (χ4n) is 2.99. The first-order valence-electron chi connectivity index (χ1n) is 10.4. The van der Waals surface area contributed by atoms with Crippen LogP contribution in [0.4, 0.5) is 0 Å². The second-order valence-electron chi connectivity index (χ2n) is 7.10. The van der Waals surface area contributed by atoms with Gasteiger partial charge in [-0.15, -0.1) is 0 Å². The maximum atomic E-state index is 12.6. The molecule has 0 aliphatic carbocycles. The van der Waals surface area contributed by atoms with Gasteiger partial charge in [0.1, 0.15) is 23.3 Å². The number of rotatable bonds is 11. The van der Waals surface area contributed by atoms with Crippen LogP contribution < -0.4 is 19.3 Å². The quantitative estimate of drug-likeness (QED) is 0.272. The maximum absolute atomic E-state index is 12.6. The lowest BCUT2D eigenvalue weighted by Crippen LogP contribution is -2.33. The average Bonchev–Trinajstić information content (AvgIpc) is 3.04. The summed E-state index contributed by atoms with van der Waals surface area (Å²) in [6, 6.07) is 13.2. The molecule has 0 aromatic heterocycles. The van der Waals surface area contributed by atoms with Crippen molar-refractivity contribution in [3.63, 3.8) is 0 Å². The number of hydrogen-bond acceptors (Lipinski definition) is 8. The smallest absolute Gasteiger partial charge is 0.266 e. The lowest BCUT2D eigenvalue weighted by molar-refractivity contribution is -0.305. The molecule has 2 aromatic carbocycles. The van der Waals surface area contributed by atoms with Crippen molar-refractivity contribution < 1.29 is 28.9 Å². The van der Waals surface area contributed by atoms with Crippen LogP contribution in [0.1, 0.15) is 24.5 Å². The molecule has 0 radical (unpaired) electrons. The first kappa shape index (κ1) is 24.6. The third-order valence-corrected chi connectivity index (χ3v) is 5.99. The molecule has 0 N–H and O–H groups in total. The molecule has 33 heavy (non-hydrogen) atoms. The number of hydrogen-bond donors (Lipinski definition) is 0. The molecule has 7 nitrogen and oxygen atoms in total. The van der Waals surface area contributed by atoms with Crippen LogP contribution in [0.25, 0.3) is 6.08 Å². The summed E-state index contributed by atoms with van der Waals surface area (Å²) in [6.45, 7) is 5.05. The summed E-state index contributed by atoms with van der Waals surface area (Å²) in [5.74, 6) is 0.352. The number of nitrogens with zero attached hydrogens (tertiary/aromatic N) is 1. The van der Waals surface area contributed by atoms with E-state index in [4.69, 9.17) is 26.4 Å². The SMILES string of the molecule is CCOc1cc(C=C2SC(=S)N(CCC(=O)[O-])C2=O)ccc1OCCOc1ccc(C)cc1. The number of thiocarbonyl (C=S) groups is 1. The number of ether oxygens (including phenoxy) is 3. The van der Waals surface area contributed by atoms with Gasteiger partial charge in [-0.2, -0.15) is 0 Å². The lowest BCUT2D eigenvalue weighted by Gasteiger charge is -2.14. The second-order valence-corrected chi connectivity index (χ2v) is 8.78. The van der Waals surface area contributed by atoms with E-state index in [1.807, 2.05) is 44.2 Å². The zero-order valence-corrected chi connectivity index (χ0v) is 20.0. The largest absolute Gasteiger partial charge is 0.550 e. The van der Waals surface area contributed by atoms with Gasteiger partial charge in [0.25, 0.3) is 5.91 Å². The molecule has 0 saturated carbocycles. The Morgan fingerprint density at radius 1 is 1.09 bits per heavy atom. The van der Waals surface area contributed by atoms with Gasteiger partial charge in [0.15, 0.2) is 11.5 Å². The minimum Gasteiger partial charge on any atom is -0.550 e. The zero-order valence-electron chi connectivity index (χ0n) is 18.4. The summed E-state index contributed by atoms with van der Waals surface area (Å²) < 4.78 is 17.6. The number of carboxylic acid groups (broad SMARTS) is 1. The monoisotopic (exact) mass is 486 g/mol. The number of thioether (sulfide) groups is 1. The molecule has 0 atom stereocenters. The van der Waals surface area contributed by atoms with Crippen LogP contribution in [-0.2, 0) is 9.59 Å². The number of carbonyl (C=O) groups is 2. The highest BCUT2D eigenvalue weighted by molar-refractivity contribution is 8.26. The Bertz CT molecular complexity index is 1050. The van der Waals surface area contributed by atoms with E-state index in [1.54, 1.807) is 18.2 Å². The second kappa shape index (κ2) is 11.7. The molecule has 3 rings (SSSR count). The van der Waals surface area contributed by atoms with Crippen molar-refractivity contribution >= 4 is 46.3 Å². The van der Waals surface area contributed by atoms with Crippen LogP contribution in [0, 0.1) is 6.92 Å². The first-order valence-corrected chi connectivity index (χ1v) is 11.6. The van der Waals surface area contributed by atoms with Gasteiger partial charge in [0.2, 0.25) is 0 Å². The average molecular weight is 487 g/mol. The molecular formula is C24H24NO6S2-. The van der Waals surface area contributed by atoms with Crippen molar-refractivity contribution in [1.82, 2.24) is 4.90 Å². The summed E-state index contributed by atoms with van der Waals surface area (Å²) in [4.78, 5) is 25.0. The zero-order chi connectivity index (χ0) is 23.8. The molecule has 1 aliphatic heterocycles. The molecule has 1 heterocycles. The Labute approximate surface area is 202 Å². The van der Waals surface area contributed by atoms with E-state index in [0.717, 1.165) is 23.1 Å². The highest BCUT2D eigenvalue weighted by Crippen LogP contribution is 2.35. The molecule has 1 fully saturated rings. The number of amides is 1. The van der Waals surface area contributed by atoms with Crippen molar-refractivity contribution in [2.45, 2.75) is 20.3 Å².